The highest BCUT2D eigenvalue weighted by Gasteiger charge is 2.51. The lowest BCUT2D eigenvalue weighted by Crippen LogP contribution is -2.39. The highest BCUT2D eigenvalue weighted by Crippen LogP contribution is 2.63. The van der Waals surface area contributed by atoms with E-state index in [-0.39, 0.29) is 0 Å². The third kappa shape index (κ3) is 6.07. The normalized spacial score (nSPS) is 13.0. The van der Waals surface area contributed by atoms with Crippen molar-refractivity contribution in [3.63, 3.8) is 0 Å². The second kappa shape index (κ2) is 15.0. The maximum Gasteiger partial charge on any atom is 0.160 e. The number of fused-ring (bicyclic) bond motifs is 8. The number of nitrogens with zero attached hydrogens (tertiary/aromatic N) is 3. The molecule has 4 nitrogen and oxygen atoms in total. The average Bonchev–Trinajstić information content (AvgIpc) is 3.37. The molecule has 4 heteroatoms. The first-order chi connectivity index (χ1) is 31.2. The summed E-state index contributed by atoms with van der Waals surface area (Å²) in [6.07, 6.45) is 0. The Labute approximate surface area is 367 Å². The molecular formula is C59H39N3O. The van der Waals surface area contributed by atoms with Gasteiger partial charge in [0.15, 0.2) is 5.82 Å². The van der Waals surface area contributed by atoms with Gasteiger partial charge >= 0.3 is 0 Å². The summed E-state index contributed by atoms with van der Waals surface area (Å²) in [5.41, 5.74) is 16.4. The maximum atomic E-state index is 6.80. The van der Waals surface area contributed by atoms with Gasteiger partial charge in [-0.05, 0) is 88.0 Å². The predicted octanol–water partition coefficient (Wildman–Crippen LogP) is 15.1. The second-order valence-corrected chi connectivity index (χ2v) is 16.1. The van der Waals surface area contributed by atoms with E-state index >= 15 is 0 Å². The summed E-state index contributed by atoms with van der Waals surface area (Å²) in [7, 11) is 0. The van der Waals surface area contributed by atoms with Crippen LogP contribution in [-0.2, 0) is 5.41 Å². The summed E-state index contributed by atoms with van der Waals surface area (Å²) in [5, 5.41) is 0. The lowest BCUT2D eigenvalue weighted by atomic mass is 9.60. The first-order valence-corrected chi connectivity index (χ1v) is 21.4. The van der Waals surface area contributed by atoms with Gasteiger partial charge < -0.3 is 9.64 Å². The Balaban J connectivity index is 1.14. The van der Waals surface area contributed by atoms with Crippen LogP contribution in [0.1, 0.15) is 22.3 Å². The smallest absolute Gasteiger partial charge is 0.160 e. The molecule has 2 aliphatic heterocycles. The lowest BCUT2D eigenvalue weighted by Gasteiger charge is -2.49. The number of para-hydroxylation sites is 2. The second-order valence-electron chi connectivity index (χ2n) is 16.1. The van der Waals surface area contributed by atoms with Gasteiger partial charge in [-0.3, -0.25) is 0 Å². The fourth-order valence-corrected chi connectivity index (χ4v) is 9.68. The van der Waals surface area contributed by atoms with Crippen LogP contribution in [0.4, 0.5) is 17.1 Å². The van der Waals surface area contributed by atoms with Crippen molar-refractivity contribution < 1.29 is 4.74 Å². The number of aromatic nitrogens is 2. The SMILES string of the molecule is c1ccc(-c2ccc3c(c2)C2(c4ccccc4Oc4ccccc42)c2cc(-c4ccccc4)ccc2N3c2cccc(-c3nc(-c4ccccc4)cc(-c4ccccc4)n3)c2)cc1. The summed E-state index contributed by atoms with van der Waals surface area (Å²) in [4.78, 5) is 12.9. The molecule has 0 atom stereocenters. The fourth-order valence-electron chi connectivity index (χ4n) is 9.68. The Kier molecular flexibility index (Phi) is 8.68. The van der Waals surface area contributed by atoms with Crippen molar-refractivity contribution in [1.82, 2.24) is 9.97 Å². The zero-order valence-electron chi connectivity index (χ0n) is 34.3. The van der Waals surface area contributed by atoms with Crippen LogP contribution in [-0.4, -0.2) is 9.97 Å². The highest BCUT2D eigenvalue weighted by atomic mass is 16.5. The summed E-state index contributed by atoms with van der Waals surface area (Å²) in [6.45, 7) is 0. The Morgan fingerprint density at radius 2 is 0.746 bits per heavy atom. The number of hydrogen-bond donors (Lipinski definition) is 0. The molecule has 63 heavy (non-hydrogen) atoms. The molecule has 0 saturated carbocycles. The summed E-state index contributed by atoms with van der Waals surface area (Å²) in [6, 6.07) is 84.0. The first-order valence-electron chi connectivity index (χ1n) is 21.4. The molecule has 0 unspecified atom stereocenters. The first kappa shape index (κ1) is 36.5. The van der Waals surface area contributed by atoms with Crippen molar-refractivity contribution in [3.05, 3.63) is 259 Å². The topological polar surface area (TPSA) is 38.2 Å². The van der Waals surface area contributed by atoms with Crippen LogP contribution >= 0.6 is 0 Å². The minimum Gasteiger partial charge on any atom is -0.457 e. The molecule has 10 aromatic rings. The monoisotopic (exact) mass is 805 g/mol. The predicted molar refractivity (Wildman–Crippen MR) is 256 cm³/mol. The van der Waals surface area contributed by atoms with Gasteiger partial charge in [0.1, 0.15) is 11.5 Å². The Hall–Kier alpha value is -8.34. The third-order valence-corrected chi connectivity index (χ3v) is 12.5. The van der Waals surface area contributed by atoms with Gasteiger partial charge in [0, 0.05) is 33.5 Å². The molecule has 1 spiro atoms. The number of anilines is 3. The summed E-state index contributed by atoms with van der Waals surface area (Å²) < 4.78 is 6.80. The molecule has 12 rings (SSSR count). The summed E-state index contributed by atoms with van der Waals surface area (Å²) in [5.74, 6) is 2.36. The quantitative estimate of drug-likeness (QED) is 0.168. The lowest BCUT2D eigenvalue weighted by molar-refractivity contribution is 0.434. The van der Waals surface area contributed by atoms with Crippen LogP contribution in [0.2, 0.25) is 0 Å². The molecule has 0 radical (unpaired) electrons. The van der Waals surface area contributed by atoms with Crippen molar-refractivity contribution >= 4 is 17.1 Å². The standard InChI is InChI=1S/C59H39N3O/c1-5-18-40(19-6-1)44-32-34-54-50(37-44)59(48-28-13-15-30-56(48)63-57-31-16-14-29-49(57)59)51-38-45(41-20-7-2-8-21-41)33-35-55(51)62(54)47-27-17-26-46(36-47)58-60-52(42-22-9-3-10-23-42)39-53(61-58)43-24-11-4-12-25-43/h1-39H. The van der Waals surface area contributed by atoms with Gasteiger partial charge in [-0.15, -0.1) is 0 Å². The van der Waals surface area contributed by atoms with Gasteiger partial charge in [-0.1, -0.05) is 182 Å². The average molecular weight is 806 g/mol. The van der Waals surface area contributed by atoms with Gasteiger partial charge in [-0.2, -0.15) is 0 Å². The molecule has 0 bridgehead atoms. The van der Waals surface area contributed by atoms with Crippen LogP contribution in [0, 0.1) is 0 Å². The van der Waals surface area contributed by atoms with E-state index in [4.69, 9.17) is 14.7 Å². The van der Waals surface area contributed by atoms with Crippen LogP contribution < -0.4 is 9.64 Å². The van der Waals surface area contributed by atoms with Crippen LogP contribution in [0.3, 0.4) is 0 Å². The van der Waals surface area contributed by atoms with E-state index in [1.165, 1.54) is 11.1 Å². The minimum atomic E-state index is -0.739. The Bertz CT molecular complexity index is 3120. The molecule has 0 amide bonds. The zero-order chi connectivity index (χ0) is 41.7. The van der Waals surface area contributed by atoms with Crippen LogP contribution in [0.25, 0.3) is 56.2 Å². The molecule has 296 valence electrons. The Morgan fingerprint density at radius 3 is 1.24 bits per heavy atom. The van der Waals surface area contributed by atoms with Gasteiger partial charge in [-0.25, -0.2) is 9.97 Å². The van der Waals surface area contributed by atoms with E-state index < -0.39 is 5.41 Å². The molecule has 9 aromatic carbocycles. The number of ether oxygens (including phenoxy) is 1. The van der Waals surface area contributed by atoms with Crippen molar-refractivity contribution in [2.45, 2.75) is 5.41 Å². The molecule has 0 aliphatic carbocycles. The molecule has 1 aromatic heterocycles. The molecule has 0 N–H and O–H groups in total. The van der Waals surface area contributed by atoms with E-state index in [1.54, 1.807) is 0 Å². The van der Waals surface area contributed by atoms with Gasteiger partial charge in [0.25, 0.3) is 0 Å². The van der Waals surface area contributed by atoms with E-state index in [9.17, 15) is 0 Å². The van der Waals surface area contributed by atoms with E-state index in [0.717, 1.165) is 90.0 Å². The maximum absolute atomic E-state index is 6.80. The van der Waals surface area contributed by atoms with Crippen molar-refractivity contribution in [3.8, 4) is 67.7 Å². The van der Waals surface area contributed by atoms with Crippen molar-refractivity contribution in [2.75, 3.05) is 4.90 Å². The van der Waals surface area contributed by atoms with E-state index in [2.05, 4.69) is 229 Å². The van der Waals surface area contributed by atoms with Gasteiger partial charge in [0.2, 0.25) is 0 Å². The third-order valence-electron chi connectivity index (χ3n) is 12.5. The minimum absolute atomic E-state index is 0.664. The number of hydrogen-bond acceptors (Lipinski definition) is 4. The summed E-state index contributed by atoms with van der Waals surface area (Å²) >= 11 is 0. The Morgan fingerprint density at radius 1 is 0.317 bits per heavy atom. The fraction of sp³-hybridized carbons (Fsp3) is 0.0169. The molecule has 3 heterocycles. The number of benzene rings is 9. The molecule has 0 saturated heterocycles. The van der Waals surface area contributed by atoms with E-state index in [1.807, 2.05) is 12.1 Å². The zero-order valence-corrected chi connectivity index (χ0v) is 34.3. The van der Waals surface area contributed by atoms with Crippen LogP contribution in [0.15, 0.2) is 237 Å². The van der Waals surface area contributed by atoms with Gasteiger partial charge in [0.05, 0.1) is 28.2 Å². The van der Waals surface area contributed by atoms with E-state index in [0.29, 0.717) is 5.82 Å². The number of rotatable bonds is 6. The largest absolute Gasteiger partial charge is 0.457 e. The molecule has 0 fully saturated rings. The molecule has 2 aliphatic rings. The van der Waals surface area contributed by atoms with Crippen molar-refractivity contribution in [1.29, 1.82) is 0 Å². The molecular weight excluding hydrogens is 767 g/mol. The van der Waals surface area contributed by atoms with Crippen LogP contribution in [0.5, 0.6) is 11.5 Å². The van der Waals surface area contributed by atoms with Crippen molar-refractivity contribution in [2.24, 2.45) is 0 Å². The highest BCUT2D eigenvalue weighted by molar-refractivity contribution is 5.94.